The van der Waals surface area contributed by atoms with Crippen LogP contribution < -0.4 is 10.3 Å². The number of thioether (sulfide) groups is 1. The first-order valence-corrected chi connectivity index (χ1v) is 8.53. The predicted octanol–water partition coefficient (Wildman–Crippen LogP) is 3.04. The van der Waals surface area contributed by atoms with E-state index < -0.39 is 0 Å². The molecule has 6 heteroatoms. The molecule has 1 aromatic carbocycles. The Morgan fingerprint density at radius 3 is 2.65 bits per heavy atom. The van der Waals surface area contributed by atoms with Gasteiger partial charge in [-0.15, -0.1) is 0 Å². The molecule has 0 saturated carbocycles. The summed E-state index contributed by atoms with van der Waals surface area (Å²) in [5.74, 6) is 1.69. The zero-order chi connectivity index (χ0) is 16.7. The normalized spacial score (nSPS) is 11.0. The Balaban J connectivity index is 1.90. The summed E-state index contributed by atoms with van der Waals surface area (Å²) < 4.78 is 10.6. The van der Waals surface area contributed by atoms with Crippen LogP contribution in [0, 0.1) is 0 Å². The molecular weight excluding hydrogens is 312 g/mol. The molecule has 0 fully saturated rings. The summed E-state index contributed by atoms with van der Waals surface area (Å²) in [7, 11) is 1.66. The molecule has 0 spiro atoms. The molecule has 2 rings (SSSR count). The van der Waals surface area contributed by atoms with Crippen molar-refractivity contribution in [3.63, 3.8) is 0 Å². The summed E-state index contributed by atoms with van der Waals surface area (Å²) in [5, 5.41) is 0.633. The van der Waals surface area contributed by atoms with Crippen LogP contribution in [-0.4, -0.2) is 28.9 Å². The molecule has 2 aromatic rings. The van der Waals surface area contributed by atoms with E-state index in [1.54, 1.807) is 7.11 Å². The first-order chi connectivity index (χ1) is 11.1. The van der Waals surface area contributed by atoms with Crippen LogP contribution in [0.2, 0.25) is 0 Å². The molecule has 0 radical (unpaired) electrons. The van der Waals surface area contributed by atoms with E-state index in [0.717, 1.165) is 17.9 Å². The van der Waals surface area contributed by atoms with Crippen LogP contribution in [0.25, 0.3) is 0 Å². The summed E-state index contributed by atoms with van der Waals surface area (Å²) in [4.78, 5) is 18.9. The fourth-order valence-electron chi connectivity index (χ4n) is 1.94. The minimum absolute atomic E-state index is 0.113. The number of aromatic nitrogens is 2. The molecule has 0 aliphatic heterocycles. The lowest BCUT2D eigenvalue weighted by Gasteiger charge is -2.08. The van der Waals surface area contributed by atoms with Crippen molar-refractivity contribution < 1.29 is 9.47 Å². The summed E-state index contributed by atoms with van der Waals surface area (Å²) in [6.07, 6.45) is 1.01. The average molecular weight is 334 g/mol. The molecule has 0 saturated heterocycles. The maximum atomic E-state index is 11.7. The molecule has 0 atom stereocenters. The second kappa shape index (κ2) is 8.74. The second-order valence-corrected chi connectivity index (χ2v) is 6.43. The van der Waals surface area contributed by atoms with E-state index in [0.29, 0.717) is 17.5 Å². The molecule has 1 N–H and O–H groups in total. The van der Waals surface area contributed by atoms with Crippen molar-refractivity contribution in [2.75, 3.05) is 12.9 Å². The van der Waals surface area contributed by atoms with Crippen molar-refractivity contribution in [3.05, 3.63) is 51.9 Å². The molecule has 124 valence electrons. The van der Waals surface area contributed by atoms with Crippen molar-refractivity contribution in [2.24, 2.45) is 0 Å². The topological polar surface area (TPSA) is 64.2 Å². The lowest BCUT2D eigenvalue weighted by Crippen LogP contribution is -2.12. The van der Waals surface area contributed by atoms with Crippen LogP contribution in [0.4, 0.5) is 0 Å². The van der Waals surface area contributed by atoms with Gasteiger partial charge in [0, 0.05) is 11.8 Å². The van der Waals surface area contributed by atoms with Gasteiger partial charge in [0.25, 0.3) is 5.56 Å². The van der Waals surface area contributed by atoms with Gasteiger partial charge in [0.2, 0.25) is 0 Å². The number of hydrogen-bond donors (Lipinski definition) is 1. The Labute approximate surface area is 140 Å². The predicted molar refractivity (Wildman–Crippen MR) is 92.2 cm³/mol. The highest BCUT2D eigenvalue weighted by Crippen LogP contribution is 2.16. The zero-order valence-electron chi connectivity index (χ0n) is 13.7. The van der Waals surface area contributed by atoms with Gasteiger partial charge in [-0.1, -0.05) is 23.9 Å². The number of aryl methyl sites for hydroxylation is 1. The Kier molecular flexibility index (Phi) is 6.67. The highest BCUT2D eigenvalue weighted by molar-refractivity contribution is 7.99. The van der Waals surface area contributed by atoms with Crippen LogP contribution in [0.1, 0.15) is 25.1 Å². The van der Waals surface area contributed by atoms with Gasteiger partial charge in [-0.05, 0) is 38.0 Å². The van der Waals surface area contributed by atoms with Gasteiger partial charge >= 0.3 is 0 Å². The van der Waals surface area contributed by atoms with Crippen molar-refractivity contribution in [2.45, 2.75) is 38.1 Å². The van der Waals surface area contributed by atoms with E-state index in [1.807, 2.05) is 38.1 Å². The highest BCUT2D eigenvalue weighted by Gasteiger charge is 2.04. The number of methoxy groups -OCH3 is 1. The van der Waals surface area contributed by atoms with Crippen LogP contribution in [-0.2, 0) is 17.8 Å². The molecule has 5 nitrogen and oxygen atoms in total. The molecule has 1 aromatic heterocycles. The monoisotopic (exact) mass is 334 g/mol. The van der Waals surface area contributed by atoms with Crippen LogP contribution in [0.5, 0.6) is 5.75 Å². The van der Waals surface area contributed by atoms with E-state index in [2.05, 4.69) is 9.97 Å². The van der Waals surface area contributed by atoms with Gasteiger partial charge < -0.3 is 14.5 Å². The fourth-order valence-corrected chi connectivity index (χ4v) is 2.82. The van der Waals surface area contributed by atoms with E-state index >= 15 is 0 Å². The van der Waals surface area contributed by atoms with Gasteiger partial charge in [-0.2, -0.15) is 0 Å². The van der Waals surface area contributed by atoms with Gasteiger partial charge in [0.1, 0.15) is 5.75 Å². The smallest absolute Gasteiger partial charge is 0.251 e. The molecule has 0 aliphatic rings. The number of aromatic amines is 1. The summed E-state index contributed by atoms with van der Waals surface area (Å²) in [5.41, 5.74) is 1.74. The molecule has 0 bridgehead atoms. The third kappa shape index (κ3) is 6.08. The standard InChI is InChI=1S/C17H22N2O3S/c1-12(2)22-11-14-10-16(20)19-17(18-14)23-9-8-13-4-6-15(21-3)7-5-13/h4-7,10,12H,8-9,11H2,1-3H3,(H,18,19,20). The number of rotatable bonds is 8. The zero-order valence-corrected chi connectivity index (χ0v) is 14.5. The molecule has 1 heterocycles. The SMILES string of the molecule is COc1ccc(CCSc2nc(COC(C)C)cc(=O)[nH]2)cc1. The Bertz CT molecular complexity index is 668. The highest BCUT2D eigenvalue weighted by atomic mass is 32.2. The third-order valence-electron chi connectivity index (χ3n) is 3.13. The Morgan fingerprint density at radius 1 is 1.26 bits per heavy atom. The molecule has 0 amide bonds. The molecular formula is C17H22N2O3S. The van der Waals surface area contributed by atoms with Crippen LogP contribution >= 0.6 is 11.8 Å². The fraction of sp³-hybridized carbons (Fsp3) is 0.412. The lowest BCUT2D eigenvalue weighted by atomic mass is 10.2. The van der Waals surface area contributed by atoms with Gasteiger partial charge in [-0.3, -0.25) is 4.79 Å². The van der Waals surface area contributed by atoms with Crippen molar-refractivity contribution in [1.82, 2.24) is 9.97 Å². The number of H-pyrrole nitrogens is 1. The van der Waals surface area contributed by atoms with Crippen LogP contribution in [0.3, 0.4) is 0 Å². The minimum Gasteiger partial charge on any atom is -0.497 e. The van der Waals surface area contributed by atoms with E-state index in [1.165, 1.54) is 23.4 Å². The average Bonchev–Trinajstić information content (AvgIpc) is 2.53. The maximum absolute atomic E-state index is 11.7. The molecule has 0 unspecified atom stereocenters. The summed E-state index contributed by atoms with van der Waals surface area (Å²) >= 11 is 1.53. The van der Waals surface area contributed by atoms with E-state index in [9.17, 15) is 4.79 Å². The quantitative estimate of drug-likeness (QED) is 0.594. The number of hydrogen-bond acceptors (Lipinski definition) is 5. The van der Waals surface area contributed by atoms with Gasteiger partial charge in [0.05, 0.1) is 25.5 Å². The maximum Gasteiger partial charge on any atom is 0.251 e. The van der Waals surface area contributed by atoms with Gasteiger partial charge in [-0.25, -0.2) is 4.98 Å². The van der Waals surface area contributed by atoms with E-state index in [-0.39, 0.29) is 11.7 Å². The first-order valence-electron chi connectivity index (χ1n) is 7.54. The second-order valence-electron chi connectivity index (χ2n) is 5.35. The number of nitrogens with one attached hydrogen (secondary N) is 1. The largest absolute Gasteiger partial charge is 0.497 e. The number of nitrogens with zero attached hydrogens (tertiary/aromatic N) is 1. The Morgan fingerprint density at radius 2 is 2.00 bits per heavy atom. The van der Waals surface area contributed by atoms with Crippen LogP contribution in [0.15, 0.2) is 40.3 Å². The Hall–Kier alpha value is -1.79. The number of ether oxygens (including phenoxy) is 2. The summed E-state index contributed by atoms with van der Waals surface area (Å²) in [6, 6.07) is 9.47. The molecule has 23 heavy (non-hydrogen) atoms. The van der Waals surface area contributed by atoms with Gasteiger partial charge in [0.15, 0.2) is 5.16 Å². The van der Waals surface area contributed by atoms with Crippen molar-refractivity contribution in [1.29, 1.82) is 0 Å². The summed E-state index contributed by atoms with van der Waals surface area (Å²) in [6.45, 7) is 4.27. The number of benzene rings is 1. The first kappa shape index (κ1) is 17.6. The molecule has 0 aliphatic carbocycles. The van der Waals surface area contributed by atoms with Crippen molar-refractivity contribution in [3.8, 4) is 5.75 Å². The van der Waals surface area contributed by atoms with E-state index in [4.69, 9.17) is 9.47 Å². The van der Waals surface area contributed by atoms with Crippen molar-refractivity contribution >= 4 is 11.8 Å². The lowest BCUT2D eigenvalue weighted by molar-refractivity contribution is 0.0631. The third-order valence-corrected chi connectivity index (χ3v) is 4.00. The minimum atomic E-state index is -0.144.